The maximum atomic E-state index is 11.9. The number of thiazole rings is 1. The molecule has 2 heterocycles. The van der Waals surface area contributed by atoms with Crippen LogP contribution >= 0.6 is 11.3 Å². The Morgan fingerprint density at radius 2 is 2.23 bits per heavy atom. The van der Waals surface area contributed by atoms with Crippen molar-refractivity contribution in [3.63, 3.8) is 0 Å². The molecule has 1 aliphatic carbocycles. The van der Waals surface area contributed by atoms with Gasteiger partial charge in [0.25, 0.3) is 0 Å². The zero-order chi connectivity index (χ0) is 15.5. The number of aromatic nitrogens is 3. The first-order chi connectivity index (χ1) is 10.6. The van der Waals surface area contributed by atoms with E-state index in [1.807, 2.05) is 6.92 Å². The maximum absolute atomic E-state index is 11.9. The third-order valence-electron chi connectivity index (χ3n) is 3.66. The Labute approximate surface area is 132 Å². The summed E-state index contributed by atoms with van der Waals surface area (Å²) in [7, 11) is 0. The lowest BCUT2D eigenvalue weighted by Gasteiger charge is -2.21. The van der Waals surface area contributed by atoms with Crippen LogP contribution in [0.3, 0.4) is 0 Å². The summed E-state index contributed by atoms with van der Waals surface area (Å²) >= 11 is 1.77. The summed E-state index contributed by atoms with van der Waals surface area (Å²) in [5.74, 6) is 1.28. The van der Waals surface area contributed by atoms with E-state index in [1.165, 1.54) is 10.6 Å². The van der Waals surface area contributed by atoms with Crippen molar-refractivity contribution in [3.8, 4) is 0 Å². The minimum atomic E-state index is -0.227. The molecule has 0 aliphatic heterocycles. The molecule has 0 aromatic carbocycles. The number of aryl methyl sites for hydroxylation is 3. The van der Waals surface area contributed by atoms with Gasteiger partial charge in [-0.25, -0.2) is 9.78 Å². The lowest BCUT2D eigenvalue weighted by molar-refractivity contribution is 0.237. The lowest BCUT2D eigenvalue weighted by atomic mass is 9.91. The van der Waals surface area contributed by atoms with Crippen LogP contribution in [0.4, 0.5) is 4.79 Å². The van der Waals surface area contributed by atoms with Crippen LogP contribution in [0.2, 0.25) is 0 Å². The van der Waals surface area contributed by atoms with Crippen molar-refractivity contribution in [2.75, 3.05) is 6.54 Å². The Balaban J connectivity index is 1.49. The van der Waals surface area contributed by atoms with E-state index in [1.54, 1.807) is 18.3 Å². The molecule has 0 saturated heterocycles. The molecule has 7 nitrogen and oxygen atoms in total. The Morgan fingerprint density at radius 1 is 1.36 bits per heavy atom. The number of rotatable bonds is 4. The molecule has 3 rings (SSSR count). The van der Waals surface area contributed by atoms with E-state index in [-0.39, 0.29) is 12.6 Å². The van der Waals surface area contributed by atoms with E-state index in [0.29, 0.717) is 24.2 Å². The highest BCUT2D eigenvalue weighted by Gasteiger charge is 2.24. The Hall–Kier alpha value is -1.96. The monoisotopic (exact) mass is 321 g/mol. The van der Waals surface area contributed by atoms with Gasteiger partial charge in [0.1, 0.15) is 0 Å². The predicted molar refractivity (Wildman–Crippen MR) is 81.8 cm³/mol. The van der Waals surface area contributed by atoms with Crippen molar-refractivity contribution < 1.29 is 9.32 Å². The van der Waals surface area contributed by atoms with Crippen molar-refractivity contribution in [1.29, 1.82) is 0 Å². The Bertz CT molecular complexity index is 666. The number of amides is 2. The highest BCUT2D eigenvalue weighted by molar-refractivity contribution is 7.11. The van der Waals surface area contributed by atoms with E-state index < -0.39 is 0 Å². The number of nitrogens with zero attached hydrogens (tertiary/aromatic N) is 3. The average molecular weight is 321 g/mol. The van der Waals surface area contributed by atoms with Gasteiger partial charge in [-0.05, 0) is 33.1 Å². The molecule has 0 bridgehead atoms. The summed E-state index contributed by atoms with van der Waals surface area (Å²) in [4.78, 5) is 21.9. The van der Waals surface area contributed by atoms with E-state index in [9.17, 15) is 4.79 Å². The summed E-state index contributed by atoms with van der Waals surface area (Å²) in [6.07, 6.45) is 3.34. The summed E-state index contributed by atoms with van der Waals surface area (Å²) in [6.45, 7) is 4.61. The Morgan fingerprint density at radius 3 is 3.00 bits per heavy atom. The molecular weight excluding hydrogens is 302 g/mol. The van der Waals surface area contributed by atoms with Gasteiger partial charge >= 0.3 is 6.03 Å². The van der Waals surface area contributed by atoms with Crippen molar-refractivity contribution >= 4 is 17.4 Å². The number of fused-ring (bicyclic) bond motifs is 1. The first-order valence-electron chi connectivity index (χ1n) is 7.39. The van der Waals surface area contributed by atoms with E-state index in [4.69, 9.17) is 4.52 Å². The minimum Gasteiger partial charge on any atom is -0.337 e. The zero-order valence-electron chi connectivity index (χ0n) is 12.7. The third-order valence-corrected chi connectivity index (χ3v) is 4.70. The van der Waals surface area contributed by atoms with Crippen LogP contribution in [-0.2, 0) is 13.0 Å². The number of nitrogens with one attached hydrogen (secondary N) is 2. The molecule has 1 unspecified atom stereocenters. The second kappa shape index (κ2) is 6.43. The lowest BCUT2D eigenvalue weighted by Crippen LogP contribution is -2.38. The van der Waals surface area contributed by atoms with Crippen LogP contribution < -0.4 is 10.6 Å². The fourth-order valence-electron chi connectivity index (χ4n) is 2.67. The first-order valence-corrected chi connectivity index (χ1v) is 8.20. The van der Waals surface area contributed by atoms with Gasteiger partial charge in [0.15, 0.2) is 5.82 Å². The second-order valence-electron chi connectivity index (χ2n) is 5.43. The molecule has 0 spiro atoms. The normalized spacial score (nSPS) is 17.1. The van der Waals surface area contributed by atoms with E-state index >= 15 is 0 Å². The smallest absolute Gasteiger partial charge is 0.315 e. The molecule has 0 saturated carbocycles. The molecule has 2 aromatic heterocycles. The molecule has 2 amide bonds. The fourth-order valence-corrected chi connectivity index (χ4v) is 3.74. The van der Waals surface area contributed by atoms with Gasteiger partial charge in [-0.3, -0.25) is 0 Å². The van der Waals surface area contributed by atoms with Crippen LogP contribution in [0.15, 0.2) is 4.52 Å². The largest absolute Gasteiger partial charge is 0.337 e. The van der Waals surface area contributed by atoms with Gasteiger partial charge in [0.2, 0.25) is 5.89 Å². The quantitative estimate of drug-likeness (QED) is 0.899. The topological polar surface area (TPSA) is 92.9 Å². The number of urea groups is 1. The number of hydrogen-bond donors (Lipinski definition) is 2. The Kier molecular flexibility index (Phi) is 4.37. The molecule has 8 heteroatoms. The highest BCUT2D eigenvalue weighted by atomic mass is 32.1. The van der Waals surface area contributed by atoms with Crippen molar-refractivity contribution in [2.45, 2.75) is 45.6 Å². The molecule has 118 valence electrons. The van der Waals surface area contributed by atoms with Gasteiger partial charge in [0.05, 0.1) is 17.2 Å². The van der Waals surface area contributed by atoms with E-state index in [0.717, 1.165) is 24.3 Å². The van der Waals surface area contributed by atoms with Gasteiger partial charge in [-0.1, -0.05) is 5.16 Å². The molecule has 1 aliphatic rings. The fraction of sp³-hybridized carbons (Fsp3) is 0.571. The number of carbonyl (C=O) groups excluding carboxylic acids is 1. The van der Waals surface area contributed by atoms with Crippen LogP contribution in [-0.4, -0.2) is 27.7 Å². The van der Waals surface area contributed by atoms with Gasteiger partial charge in [-0.15, -0.1) is 11.3 Å². The average Bonchev–Trinajstić information content (AvgIpc) is 3.07. The van der Waals surface area contributed by atoms with Crippen LogP contribution in [0.1, 0.15) is 46.1 Å². The standard InChI is InChI=1S/C14H19N5O2S/c1-8-17-12(21-19-8)7-16-14(20)15-6-10-4-3-5-11-13(10)18-9(2)22-11/h10H,3-7H2,1-2H3,(H2,15,16,20). The number of hydrogen-bond acceptors (Lipinski definition) is 6. The molecular formula is C14H19N5O2S. The van der Waals surface area contributed by atoms with Crippen molar-refractivity contribution in [3.05, 3.63) is 27.3 Å². The molecule has 1 atom stereocenters. The SMILES string of the molecule is Cc1noc(CNC(=O)NCC2CCCc3sc(C)nc32)n1. The van der Waals surface area contributed by atoms with Gasteiger partial charge < -0.3 is 15.2 Å². The number of carbonyl (C=O) groups is 1. The third kappa shape index (κ3) is 3.44. The first kappa shape index (κ1) is 15.0. The minimum absolute atomic E-state index is 0.227. The van der Waals surface area contributed by atoms with Crippen molar-refractivity contribution in [1.82, 2.24) is 25.8 Å². The molecule has 22 heavy (non-hydrogen) atoms. The maximum Gasteiger partial charge on any atom is 0.315 e. The van der Waals surface area contributed by atoms with Gasteiger partial charge in [0, 0.05) is 17.3 Å². The summed E-state index contributed by atoms with van der Waals surface area (Å²) in [5, 5.41) is 10.4. The van der Waals surface area contributed by atoms with Crippen LogP contribution in [0.25, 0.3) is 0 Å². The summed E-state index contributed by atoms with van der Waals surface area (Å²) in [6, 6.07) is -0.227. The van der Waals surface area contributed by atoms with E-state index in [2.05, 4.69) is 25.8 Å². The predicted octanol–water partition coefficient (Wildman–Crippen LogP) is 2.06. The zero-order valence-corrected chi connectivity index (χ0v) is 13.5. The highest BCUT2D eigenvalue weighted by Crippen LogP contribution is 2.34. The molecule has 2 aromatic rings. The summed E-state index contributed by atoms with van der Waals surface area (Å²) in [5.41, 5.74) is 1.17. The van der Waals surface area contributed by atoms with Crippen molar-refractivity contribution in [2.24, 2.45) is 0 Å². The second-order valence-corrected chi connectivity index (χ2v) is 6.72. The molecule has 0 radical (unpaired) electrons. The molecule has 2 N–H and O–H groups in total. The van der Waals surface area contributed by atoms with Gasteiger partial charge in [-0.2, -0.15) is 4.98 Å². The van der Waals surface area contributed by atoms with Crippen LogP contribution in [0, 0.1) is 13.8 Å². The van der Waals surface area contributed by atoms with Crippen LogP contribution in [0.5, 0.6) is 0 Å². The summed E-state index contributed by atoms with van der Waals surface area (Å²) < 4.78 is 4.95. The molecule has 0 fully saturated rings.